The van der Waals surface area contributed by atoms with Crippen LogP contribution in [0.25, 0.3) is 10.2 Å². The average molecular weight is 380 g/mol. The number of carbonyl (C=O) groups excluding carboxylic acids is 1. The van der Waals surface area contributed by atoms with E-state index in [0.29, 0.717) is 16.8 Å². The monoisotopic (exact) mass is 380 g/mol. The molecular weight excluding hydrogens is 364 g/mol. The van der Waals surface area contributed by atoms with Crippen LogP contribution in [0.3, 0.4) is 0 Å². The highest BCUT2D eigenvalue weighted by Crippen LogP contribution is 2.36. The summed E-state index contributed by atoms with van der Waals surface area (Å²) < 4.78 is 34.1. The molecule has 3 aromatic rings. The second-order valence-corrected chi connectivity index (χ2v) is 7.92. The Kier molecular flexibility index (Phi) is 4.48. The number of aromatic nitrogens is 3. The Labute approximate surface area is 148 Å². The van der Waals surface area contributed by atoms with Crippen LogP contribution in [0.2, 0.25) is 0 Å². The van der Waals surface area contributed by atoms with Gasteiger partial charge in [0.1, 0.15) is 14.6 Å². The standard InChI is InChI=1S/C15H16N4O4S2/c1-4-19-8-10(7-16-19)25(21,22)18-12-11-6-5-9(2)17-14(11)24-13(12)15(20)23-3/h5-8,18H,4H2,1-3H3. The maximum atomic E-state index is 12.7. The van der Waals surface area contributed by atoms with Gasteiger partial charge in [0, 0.05) is 23.8 Å². The number of nitrogens with zero attached hydrogens (tertiary/aromatic N) is 3. The Hall–Kier alpha value is -2.46. The van der Waals surface area contributed by atoms with E-state index in [9.17, 15) is 13.2 Å². The molecule has 0 unspecified atom stereocenters. The Morgan fingerprint density at radius 3 is 2.80 bits per heavy atom. The molecule has 3 aromatic heterocycles. The molecule has 0 spiro atoms. The van der Waals surface area contributed by atoms with E-state index in [2.05, 4.69) is 14.8 Å². The first-order valence-corrected chi connectivity index (χ1v) is 9.69. The average Bonchev–Trinajstić information content (AvgIpc) is 3.19. The summed E-state index contributed by atoms with van der Waals surface area (Å²) in [6.45, 7) is 4.22. The van der Waals surface area contributed by atoms with Gasteiger partial charge in [-0.15, -0.1) is 11.3 Å². The molecule has 25 heavy (non-hydrogen) atoms. The molecule has 0 aliphatic carbocycles. The fraction of sp³-hybridized carbons (Fsp3) is 0.267. The van der Waals surface area contributed by atoms with E-state index >= 15 is 0 Å². The Balaban J connectivity index is 2.12. The summed E-state index contributed by atoms with van der Waals surface area (Å²) in [6.07, 6.45) is 2.69. The third kappa shape index (κ3) is 3.22. The van der Waals surface area contributed by atoms with Crippen LogP contribution in [-0.2, 0) is 21.3 Å². The number of fused-ring (bicyclic) bond motifs is 1. The second-order valence-electron chi connectivity index (χ2n) is 5.24. The molecule has 8 nitrogen and oxygen atoms in total. The van der Waals surface area contributed by atoms with Gasteiger partial charge in [-0.05, 0) is 26.0 Å². The maximum Gasteiger partial charge on any atom is 0.350 e. The van der Waals surface area contributed by atoms with Crippen LogP contribution in [0.1, 0.15) is 22.3 Å². The lowest BCUT2D eigenvalue weighted by Crippen LogP contribution is -2.14. The van der Waals surface area contributed by atoms with E-state index in [1.54, 1.807) is 12.1 Å². The fourth-order valence-electron chi connectivity index (χ4n) is 2.26. The van der Waals surface area contributed by atoms with Crippen LogP contribution < -0.4 is 4.72 Å². The molecule has 132 valence electrons. The maximum absolute atomic E-state index is 12.7. The van der Waals surface area contributed by atoms with Crippen LogP contribution in [0, 0.1) is 6.92 Å². The molecular formula is C15H16N4O4S2. The molecule has 10 heteroatoms. The highest BCUT2D eigenvalue weighted by molar-refractivity contribution is 7.92. The third-order valence-electron chi connectivity index (χ3n) is 3.55. The van der Waals surface area contributed by atoms with E-state index in [0.717, 1.165) is 17.0 Å². The SMILES string of the molecule is CCn1cc(S(=O)(=O)Nc2c(C(=O)OC)sc3nc(C)ccc23)cn1. The van der Waals surface area contributed by atoms with Crippen LogP contribution in [-0.4, -0.2) is 36.3 Å². The highest BCUT2D eigenvalue weighted by atomic mass is 32.2. The lowest BCUT2D eigenvalue weighted by molar-refractivity contribution is 0.0607. The van der Waals surface area contributed by atoms with Crippen molar-refractivity contribution in [2.24, 2.45) is 0 Å². The zero-order valence-electron chi connectivity index (χ0n) is 13.8. The van der Waals surface area contributed by atoms with E-state index in [-0.39, 0.29) is 15.5 Å². The summed E-state index contributed by atoms with van der Waals surface area (Å²) in [6, 6.07) is 3.48. The smallest absolute Gasteiger partial charge is 0.350 e. The minimum Gasteiger partial charge on any atom is -0.465 e. The molecule has 0 saturated carbocycles. The van der Waals surface area contributed by atoms with Crippen molar-refractivity contribution in [2.45, 2.75) is 25.3 Å². The van der Waals surface area contributed by atoms with Gasteiger partial charge in [0.15, 0.2) is 0 Å². The molecule has 0 amide bonds. The second kappa shape index (κ2) is 6.45. The number of pyridine rings is 1. The normalized spacial score (nSPS) is 11.6. The molecule has 3 heterocycles. The van der Waals surface area contributed by atoms with Gasteiger partial charge < -0.3 is 4.74 Å². The van der Waals surface area contributed by atoms with Gasteiger partial charge in [0.05, 0.1) is 19.0 Å². The number of thiophene rings is 1. The highest BCUT2D eigenvalue weighted by Gasteiger charge is 2.25. The number of aryl methyl sites for hydroxylation is 2. The molecule has 0 aromatic carbocycles. The Morgan fingerprint density at radius 1 is 1.40 bits per heavy atom. The van der Waals surface area contributed by atoms with Crippen LogP contribution >= 0.6 is 11.3 Å². The minimum atomic E-state index is -3.90. The van der Waals surface area contributed by atoms with Crippen molar-refractivity contribution < 1.29 is 17.9 Å². The van der Waals surface area contributed by atoms with Crippen molar-refractivity contribution >= 4 is 43.2 Å². The van der Waals surface area contributed by atoms with Gasteiger partial charge in [0.2, 0.25) is 0 Å². The molecule has 0 aliphatic rings. The number of esters is 1. The number of ether oxygens (including phenoxy) is 1. The van der Waals surface area contributed by atoms with Crippen LogP contribution in [0.4, 0.5) is 5.69 Å². The summed E-state index contributed by atoms with van der Waals surface area (Å²) in [7, 11) is -2.66. The number of nitrogens with one attached hydrogen (secondary N) is 1. The molecule has 0 saturated heterocycles. The van der Waals surface area contributed by atoms with Gasteiger partial charge in [0.25, 0.3) is 10.0 Å². The van der Waals surface area contributed by atoms with Crippen molar-refractivity contribution in [1.82, 2.24) is 14.8 Å². The van der Waals surface area contributed by atoms with Crippen molar-refractivity contribution in [3.8, 4) is 0 Å². The Morgan fingerprint density at radius 2 is 2.16 bits per heavy atom. The van der Waals surface area contributed by atoms with E-state index < -0.39 is 16.0 Å². The molecule has 0 atom stereocenters. The number of anilines is 1. The number of methoxy groups -OCH3 is 1. The molecule has 0 radical (unpaired) electrons. The predicted octanol–water partition coefficient (Wildman–Crippen LogP) is 2.41. The zero-order valence-corrected chi connectivity index (χ0v) is 15.4. The van der Waals surface area contributed by atoms with Crippen molar-refractivity contribution in [3.63, 3.8) is 0 Å². The fourth-order valence-corrected chi connectivity index (χ4v) is 4.46. The number of sulfonamides is 1. The van der Waals surface area contributed by atoms with E-state index in [4.69, 9.17) is 4.74 Å². The van der Waals surface area contributed by atoms with Crippen molar-refractivity contribution in [1.29, 1.82) is 0 Å². The number of hydrogen-bond acceptors (Lipinski definition) is 7. The lowest BCUT2D eigenvalue weighted by Gasteiger charge is -2.07. The number of hydrogen-bond donors (Lipinski definition) is 1. The molecule has 0 bridgehead atoms. The van der Waals surface area contributed by atoms with Gasteiger partial charge in [-0.3, -0.25) is 9.40 Å². The van der Waals surface area contributed by atoms with Gasteiger partial charge >= 0.3 is 5.97 Å². The first kappa shape index (κ1) is 17.4. The predicted molar refractivity (Wildman–Crippen MR) is 94.4 cm³/mol. The van der Waals surface area contributed by atoms with Gasteiger partial charge in [-0.2, -0.15) is 5.10 Å². The summed E-state index contributed by atoms with van der Waals surface area (Å²) in [4.78, 5) is 17.2. The third-order valence-corrected chi connectivity index (χ3v) is 5.93. The van der Waals surface area contributed by atoms with E-state index in [1.165, 1.54) is 24.2 Å². The molecule has 3 rings (SSSR count). The zero-order chi connectivity index (χ0) is 18.2. The number of rotatable bonds is 5. The van der Waals surface area contributed by atoms with Crippen LogP contribution in [0.15, 0.2) is 29.4 Å². The topological polar surface area (TPSA) is 103 Å². The first-order valence-electron chi connectivity index (χ1n) is 7.39. The summed E-state index contributed by atoms with van der Waals surface area (Å²) >= 11 is 1.08. The molecule has 0 fully saturated rings. The molecule has 0 aliphatic heterocycles. The summed E-state index contributed by atoms with van der Waals surface area (Å²) in [5.74, 6) is -0.623. The Bertz CT molecular complexity index is 1050. The largest absolute Gasteiger partial charge is 0.465 e. The van der Waals surface area contributed by atoms with Gasteiger partial charge in [-0.25, -0.2) is 18.2 Å². The van der Waals surface area contributed by atoms with E-state index in [1.807, 2.05) is 13.8 Å². The molecule has 1 N–H and O–H groups in total. The summed E-state index contributed by atoms with van der Waals surface area (Å²) in [5.41, 5.74) is 0.937. The quantitative estimate of drug-likeness (QED) is 0.682. The summed E-state index contributed by atoms with van der Waals surface area (Å²) in [5, 5.41) is 4.52. The van der Waals surface area contributed by atoms with Crippen molar-refractivity contribution in [2.75, 3.05) is 11.8 Å². The van der Waals surface area contributed by atoms with Crippen molar-refractivity contribution in [3.05, 3.63) is 35.1 Å². The van der Waals surface area contributed by atoms with Crippen LogP contribution in [0.5, 0.6) is 0 Å². The lowest BCUT2D eigenvalue weighted by atomic mass is 10.2. The van der Waals surface area contributed by atoms with Gasteiger partial charge in [-0.1, -0.05) is 0 Å². The minimum absolute atomic E-state index is 0.0181. The first-order chi connectivity index (χ1) is 11.9. The number of carbonyl (C=O) groups is 1.